The first-order valence-corrected chi connectivity index (χ1v) is 6.78. The van der Waals surface area contributed by atoms with Crippen LogP contribution in [0.4, 0.5) is 0 Å². The average molecular weight is 291 g/mol. The summed E-state index contributed by atoms with van der Waals surface area (Å²) in [5.74, 6) is 0.157. The van der Waals surface area contributed by atoms with E-state index in [0.29, 0.717) is 17.4 Å². The SMILES string of the molecule is CNn1c(=O)c2cc(OO)ccc2n(CC2(C)CC2)c1=O. The van der Waals surface area contributed by atoms with Gasteiger partial charge in [-0.05, 0) is 36.5 Å². The Kier molecular flexibility index (Phi) is 3.02. The van der Waals surface area contributed by atoms with E-state index in [4.69, 9.17) is 5.26 Å². The van der Waals surface area contributed by atoms with E-state index in [9.17, 15) is 9.59 Å². The van der Waals surface area contributed by atoms with E-state index in [0.717, 1.165) is 17.5 Å². The summed E-state index contributed by atoms with van der Waals surface area (Å²) in [4.78, 5) is 29.0. The lowest BCUT2D eigenvalue weighted by molar-refractivity contribution is -0.137. The molecule has 2 N–H and O–H groups in total. The third-order valence-corrected chi connectivity index (χ3v) is 4.09. The fraction of sp³-hybridized carbons (Fsp3) is 0.429. The molecule has 0 amide bonds. The van der Waals surface area contributed by atoms with Crippen molar-refractivity contribution < 1.29 is 10.1 Å². The fourth-order valence-electron chi connectivity index (χ4n) is 2.51. The maximum absolute atomic E-state index is 12.5. The summed E-state index contributed by atoms with van der Waals surface area (Å²) < 4.78 is 2.57. The van der Waals surface area contributed by atoms with Crippen molar-refractivity contribution in [1.29, 1.82) is 0 Å². The normalized spacial score (nSPS) is 16.0. The average Bonchev–Trinajstić information content (AvgIpc) is 3.21. The zero-order valence-corrected chi connectivity index (χ0v) is 11.9. The molecular weight excluding hydrogens is 274 g/mol. The second kappa shape index (κ2) is 4.63. The van der Waals surface area contributed by atoms with Gasteiger partial charge in [0.25, 0.3) is 5.56 Å². The maximum Gasteiger partial charge on any atom is 0.350 e. The van der Waals surface area contributed by atoms with Gasteiger partial charge in [0.05, 0.1) is 10.9 Å². The Labute approximate surface area is 120 Å². The minimum Gasteiger partial charge on any atom is -0.340 e. The highest BCUT2D eigenvalue weighted by atomic mass is 17.1. The molecule has 2 aromatic rings. The molecule has 7 heteroatoms. The minimum atomic E-state index is -0.464. The Morgan fingerprint density at radius 3 is 2.67 bits per heavy atom. The van der Waals surface area contributed by atoms with Crippen molar-refractivity contribution in [2.24, 2.45) is 5.41 Å². The molecular formula is C14H17N3O4. The van der Waals surface area contributed by atoms with Crippen LogP contribution in [0.3, 0.4) is 0 Å². The Balaban J connectivity index is 2.33. The summed E-state index contributed by atoms with van der Waals surface area (Å²) >= 11 is 0. The molecule has 21 heavy (non-hydrogen) atoms. The van der Waals surface area contributed by atoms with Crippen molar-refractivity contribution >= 4 is 10.9 Å². The molecule has 1 aromatic heterocycles. The number of benzene rings is 1. The van der Waals surface area contributed by atoms with Gasteiger partial charge >= 0.3 is 5.69 Å². The van der Waals surface area contributed by atoms with Crippen LogP contribution in [0, 0.1) is 5.41 Å². The summed E-state index contributed by atoms with van der Waals surface area (Å²) in [5.41, 5.74) is 2.41. The Bertz CT molecular complexity index is 817. The number of fused-ring (bicyclic) bond motifs is 1. The van der Waals surface area contributed by atoms with Gasteiger partial charge in [-0.25, -0.2) is 10.1 Å². The first-order valence-electron chi connectivity index (χ1n) is 6.78. The second-order valence-corrected chi connectivity index (χ2v) is 5.81. The topological polar surface area (TPSA) is 85.5 Å². The van der Waals surface area contributed by atoms with Crippen molar-refractivity contribution in [1.82, 2.24) is 9.24 Å². The first kappa shape index (κ1) is 13.7. The van der Waals surface area contributed by atoms with Crippen LogP contribution in [0.1, 0.15) is 19.8 Å². The van der Waals surface area contributed by atoms with Crippen LogP contribution in [0.15, 0.2) is 27.8 Å². The predicted molar refractivity (Wildman–Crippen MR) is 78.4 cm³/mol. The molecule has 1 aromatic carbocycles. The van der Waals surface area contributed by atoms with E-state index in [2.05, 4.69) is 17.2 Å². The smallest absolute Gasteiger partial charge is 0.340 e. The molecule has 1 fully saturated rings. The molecule has 7 nitrogen and oxygen atoms in total. The van der Waals surface area contributed by atoms with E-state index < -0.39 is 5.56 Å². The molecule has 0 bridgehead atoms. The van der Waals surface area contributed by atoms with Gasteiger partial charge in [-0.3, -0.25) is 9.36 Å². The maximum atomic E-state index is 12.5. The monoisotopic (exact) mass is 291 g/mol. The largest absolute Gasteiger partial charge is 0.350 e. The van der Waals surface area contributed by atoms with Crippen molar-refractivity contribution in [3.63, 3.8) is 0 Å². The zero-order valence-electron chi connectivity index (χ0n) is 11.9. The summed E-state index contributed by atoms with van der Waals surface area (Å²) in [6, 6.07) is 4.57. The molecule has 1 heterocycles. The molecule has 0 aliphatic heterocycles. The lowest BCUT2D eigenvalue weighted by Crippen LogP contribution is -2.44. The second-order valence-electron chi connectivity index (χ2n) is 5.81. The highest BCUT2D eigenvalue weighted by Gasteiger charge is 2.38. The number of aromatic nitrogens is 2. The predicted octanol–water partition coefficient (Wildman–Crippen LogP) is 0.988. The van der Waals surface area contributed by atoms with Gasteiger partial charge in [-0.1, -0.05) is 6.92 Å². The molecule has 0 unspecified atom stereocenters. The number of rotatable bonds is 4. The highest BCUT2D eigenvalue weighted by Crippen LogP contribution is 2.46. The van der Waals surface area contributed by atoms with Crippen molar-refractivity contribution in [2.75, 3.05) is 12.5 Å². The van der Waals surface area contributed by atoms with E-state index >= 15 is 0 Å². The Morgan fingerprint density at radius 2 is 2.10 bits per heavy atom. The molecule has 1 saturated carbocycles. The number of hydrogen-bond donors (Lipinski definition) is 2. The number of nitrogens with one attached hydrogen (secondary N) is 1. The number of hydrogen-bond acceptors (Lipinski definition) is 5. The van der Waals surface area contributed by atoms with Crippen LogP contribution >= 0.6 is 0 Å². The summed E-state index contributed by atoms with van der Waals surface area (Å²) in [6.07, 6.45) is 2.13. The van der Waals surface area contributed by atoms with Crippen LogP contribution in [0.25, 0.3) is 10.9 Å². The summed E-state index contributed by atoms with van der Waals surface area (Å²) in [6.45, 7) is 2.68. The molecule has 0 atom stereocenters. The first-order chi connectivity index (χ1) is 9.99. The van der Waals surface area contributed by atoms with Gasteiger partial charge in [0.1, 0.15) is 0 Å². The van der Waals surface area contributed by atoms with E-state index in [-0.39, 0.29) is 16.9 Å². The van der Waals surface area contributed by atoms with Crippen LogP contribution in [0.2, 0.25) is 0 Å². The molecule has 0 spiro atoms. The standard InChI is InChI=1S/C14H17N3O4/c1-14(5-6-14)8-16-11-4-3-9(21-20)7-10(11)12(18)17(15-2)13(16)19/h3-4,7,15,20H,5-6,8H2,1-2H3. The quantitative estimate of drug-likeness (QED) is 0.648. The van der Waals surface area contributed by atoms with E-state index in [1.807, 2.05) is 0 Å². The van der Waals surface area contributed by atoms with Gasteiger partial charge in [0.15, 0.2) is 5.75 Å². The van der Waals surface area contributed by atoms with E-state index in [1.54, 1.807) is 10.6 Å². The number of nitrogens with zero attached hydrogens (tertiary/aromatic N) is 2. The molecule has 112 valence electrons. The van der Waals surface area contributed by atoms with Crippen LogP contribution in [-0.4, -0.2) is 21.5 Å². The van der Waals surface area contributed by atoms with Gasteiger partial charge in [0, 0.05) is 13.6 Å². The summed E-state index contributed by atoms with van der Waals surface area (Å²) in [5, 5.41) is 9.06. The van der Waals surface area contributed by atoms with Gasteiger partial charge in [0.2, 0.25) is 0 Å². The van der Waals surface area contributed by atoms with Crippen molar-refractivity contribution in [2.45, 2.75) is 26.3 Å². The minimum absolute atomic E-state index is 0.110. The Hall–Kier alpha value is -2.28. The third-order valence-electron chi connectivity index (χ3n) is 4.09. The Morgan fingerprint density at radius 1 is 1.38 bits per heavy atom. The molecule has 0 saturated heterocycles. The fourth-order valence-corrected chi connectivity index (χ4v) is 2.51. The van der Waals surface area contributed by atoms with Gasteiger partial charge < -0.3 is 10.3 Å². The van der Waals surface area contributed by atoms with Crippen LogP contribution < -0.4 is 21.6 Å². The highest BCUT2D eigenvalue weighted by molar-refractivity contribution is 5.79. The lowest BCUT2D eigenvalue weighted by Gasteiger charge is -2.16. The van der Waals surface area contributed by atoms with Crippen LogP contribution in [0.5, 0.6) is 5.75 Å². The summed E-state index contributed by atoms with van der Waals surface area (Å²) in [7, 11) is 1.52. The van der Waals surface area contributed by atoms with E-state index in [1.165, 1.54) is 19.2 Å². The molecule has 1 aliphatic carbocycles. The third kappa shape index (κ3) is 2.19. The lowest BCUT2D eigenvalue weighted by atomic mass is 10.1. The van der Waals surface area contributed by atoms with Gasteiger partial charge in [-0.15, -0.1) is 0 Å². The molecule has 1 aliphatic rings. The zero-order chi connectivity index (χ0) is 15.2. The van der Waals surface area contributed by atoms with Crippen molar-refractivity contribution in [3.05, 3.63) is 39.0 Å². The van der Waals surface area contributed by atoms with Gasteiger partial charge in [-0.2, -0.15) is 4.68 Å². The molecule has 3 rings (SSSR count). The van der Waals surface area contributed by atoms with Crippen molar-refractivity contribution in [3.8, 4) is 5.75 Å². The molecule has 0 radical (unpaired) electrons. The van der Waals surface area contributed by atoms with Crippen LogP contribution in [-0.2, 0) is 6.54 Å².